The highest BCUT2D eigenvalue weighted by atomic mass is 16.5. The van der Waals surface area contributed by atoms with Gasteiger partial charge in [0, 0.05) is 39.1 Å². The van der Waals surface area contributed by atoms with Gasteiger partial charge in [-0.2, -0.15) is 0 Å². The van der Waals surface area contributed by atoms with Gasteiger partial charge in [0.2, 0.25) is 0 Å². The van der Waals surface area contributed by atoms with Crippen LogP contribution in [0.15, 0.2) is 24.3 Å². The highest BCUT2D eigenvalue weighted by Crippen LogP contribution is 2.21. The summed E-state index contributed by atoms with van der Waals surface area (Å²) in [6, 6.07) is 8.02. The van der Waals surface area contributed by atoms with E-state index < -0.39 is 5.60 Å². The van der Waals surface area contributed by atoms with Crippen molar-refractivity contribution < 1.29 is 14.6 Å². The summed E-state index contributed by atoms with van der Waals surface area (Å²) in [7, 11) is 2.02. The van der Waals surface area contributed by atoms with Crippen LogP contribution in [0.5, 0.6) is 5.75 Å². The minimum absolute atomic E-state index is 0.602. The van der Waals surface area contributed by atoms with Crippen molar-refractivity contribution in [3.63, 3.8) is 0 Å². The van der Waals surface area contributed by atoms with Crippen LogP contribution in [-0.4, -0.2) is 55.6 Å². The minimum Gasteiger partial charge on any atom is -0.492 e. The molecule has 1 heterocycles. The lowest BCUT2D eigenvalue weighted by Crippen LogP contribution is -2.46. The van der Waals surface area contributed by atoms with Crippen LogP contribution in [0.1, 0.15) is 18.4 Å². The summed E-state index contributed by atoms with van der Waals surface area (Å²) in [4.78, 5) is 2.13. The van der Waals surface area contributed by atoms with Gasteiger partial charge in [-0.25, -0.2) is 0 Å². The van der Waals surface area contributed by atoms with Crippen LogP contribution >= 0.6 is 0 Å². The van der Waals surface area contributed by atoms with Crippen molar-refractivity contribution in [2.24, 2.45) is 0 Å². The number of rotatable bonds is 6. The third-order valence-corrected chi connectivity index (χ3v) is 3.81. The molecule has 0 atom stereocenters. The Morgan fingerprint density at radius 1 is 1.30 bits per heavy atom. The molecule has 20 heavy (non-hydrogen) atoms. The summed E-state index contributed by atoms with van der Waals surface area (Å²) in [5, 5.41) is 10.4. The average Bonchev–Trinajstić information content (AvgIpc) is 2.41. The van der Waals surface area contributed by atoms with Gasteiger partial charge in [0.15, 0.2) is 0 Å². The topological polar surface area (TPSA) is 41.9 Å². The smallest absolute Gasteiger partial charge is 0.122 e. The Labute approximate surface area is 121 Å². The predicted molar refractivity (Wildman–Crippen MR) is 79.2 cm³/mol. The SMILES string of the molecule is Cc1ccccc1OCCN(C)CC1(O)CCOCC1. The van der Waals surface area contributed by atoms with Crippen molar-refractivity contribution in [3.05, 3.63) is 29.8 Å². The molecule has 2 rings (SSSR count). The fourth-order valence-electron chi connectivity index (χ4n) is 2.52. The molecule has 1 aromatic rings. The molecule has 1 aliphatic rings. The van der Waals surface area contributed by atoms with Gasteiger partial charge in [-0.3, -0.25) is 0 Å². The van der Waals surface area contributed by atoms with Crippen LogP contribution in [0.4, 0.5) is 0 Å². The first-order valence-corrected chi connectivity index (χ1v) is 7.26. The molecule has 0 spiro atoms. The standard InChI is InChI=1S/C16H25NO3/c1-14-5-3-4-6-15(14)20-12-9-17(2)13-16(18)7-10-19-11-8-16/h3-6,18H,7-13H2,1-2H3. The maximum atomic E-state index is 10.4. The van der Waals surface area contributed by atoms with Crippen LogP contribution < -0.4 is 4.74 Å². The first-order valence-electron chi connectivity index (χ1n) is 7.26. The minimum atomic E-state index is -0.602. The maximum absolute atomic E-state index is 10.4. The van der Waals surface area contributed by atoms with E-state index in [0.29, 0.717) is 26.4 Å². The molecule has 4 nitrogen and oxygen atoms in total. The Balaban J connectivity index is 1.72. The Bertz CT molecular complexity index is 416. The third kappa shape index (κ3) is 4.47. The summed E-state index contributed by atoms with van der Waals surface area (Å²) < 4.78 is 11.1. The molecule has 1 aliphatic heterocycles. The molecule has 0 radical (unpaired) electrons. The summed E-state index contributed by atoms with van der Waals surface area (Å²) in [5.41, 5.74) is 0.550. The molecule has 0 bridgehead atoms. The Hall–Kier alpha value is -1.10. The molecule has 0 aliphatic carbocycles. The van der Waals surface area contributed by atoms with E-state index in [1.807, 2.05) is 38.2 Å². The van der Waals surface area contributed by atoms with Gasteiger partial charge < -0.3 is 19.5 Å². The lowest BCUT2D eigenvalue weighted by Gasteiger charge is -2.35. The van der Waals surface area contributed by atoms with Gasteiger partial charge in [0.1, 0.15) is 12.4 Å². The summed E-state index contributed by atoms with van der Waals surface area (Å²) in [5.74, 6) is 0.936. The molecule has 112 valence electrons. The molecule has 4 heteroatoms. The van der Waals surface area contributed by atoms with Crippen molar-refractivity contribution in [1.29, 1.82) is 0 Å². The molecule has 1 saturated heterocycles. The summed E-state index contributed by atoms with van der Waals surface area (Å²) in [6.45, 7) is 5.47. The lowest BCUT2D eigenvalue weighted by atomic mass is 9.94. The van der Waals surface area contributed by atoms with Gasteiger partial charge in [-0.05, 0) is 25.6 Å². The summed E-state index contributed by atoms with van der Waals surface area (Å²) in [6.07, 6.45) is 1.44. The average molecular weight is 279 g/mol. The first-order chi connectivity index (χ1) is 9.59. The lowest BCUT2D eigenvalue weighted by molar-refractivity contribution is -0.0775. The second-order valence-corrected chi connectivity index (χ2v) is 5.69. The van der Waals surface area contributed by atoms with E-state index in [-0.39, 0.29) is 0 Å². The number of benzene rings is 1. The van der Waals surface area contributed by atoms with Crippen LogP contribution in [-0.2, 0) is 4.74 Å². The molecule has 0 saturated carbocycles. The second-order valence-electron chi connectivity index (χ2n) is 5.69. The number of hydrogen-bond donors (Lipinski definition) is 1. The molecule has 1 aromatic carbocycles. The second kappa shape index (κ2) is 7.07. The molecule has 1 fully saturated rings. The molecular formula is C16H25NO3. The van der Waals surface area contributed by atoms with Gasteiger partial charge in [0.05, 0.1) is 5.60 Å². The van der Waals surface area contributed by atoms with Gasteiger partial charge in [-0.15, -0.1) is 0 Å². The van der Waals surface area contributed by atoms with E-state index in [1.54, 1.807) is 0 Å². The fraction of sp³-hybridized carbons (Fsp3) is 0.625. The zero-order valence-electron chi connectivity index (χ0n) is 12.5. The van der Waals surface area contributed by atoms with Gasteiger partial charge in [0.25, 0.3) is 0 Å². The summed E-state index contributed by atoms with van der Waals surface area (Å²) >= 11 is 0. The Morgan fingerprint density at radius 2 is 2.00 bits per heavy atom. The fourth-order valence-corrected chi connectivity index (χ4v) is 2.52. The van der Waals surface area contributed by atoms with Crippen molar-refractivity contribution in [3.8, 4) is 5.75 Å². The van der Waals surface area contributed by atoms with Crippen molar-refractivity contribution in [1.82, 2.24) is 4.90 Å². The highest BCUT2D eigenvalue weighted by molar-refractivity contribution is 5.31. The van der Waals surface area contributed by atoms with E-state index in [9.17, 15) is 5.11 Å². The number of hydrogen-bond acceptors (Lipinski definition) is 4. The van der Waals surface area contributed by atoms with Crippen LogP contribution in [0, 0.1) is 6.92 Å². The normalized spacial score (nSPS) is 18.2. The number of nitrogens with zero attached hydrogens (tertiary/aromatic N) is 1. The first kappa shape index (κ1) is 15.3. The molecular weight excluding hydrogens is 254 g/mol. The van der Waals surface area contributed by atoms with Crippen LogP contribution in [0.2, 0.25) is 0 Å². The highest BCUT2D eigenvalue weighted by Gasteiger charge is 2.30. The number of ether oxygens (including phenoxy) is 2. The van der Waals surface area contributed by atoms with Crippen molar-refractivity contribution in [2.75, 3.05) is 40.0 Å². The monoisotopic (exact) mass is 279 g/mol. The molecule has 0 unspecified atom stereocenters. The van der Waals surface area contributed by atoms with E-state index in [1.165, 1.54) is 0 Å². The number of aliphatic hydroxyl groups is 1. The van der Waals surface area contributed by atoms with E-state index in [2.05, 4.69) is 4.90 Å². The Morgan fingerprint density at radius 3 is 2.70 bits per heavy atom. The van der Waals surface area contributed by atoms with Crippen LogP contribution in [0.25, 0.3) is 0 Å². The van der Waals surface area contributed by atoms with Crippen molar-refractivity contribution in [2.45, 2.75) is 25.4 Å². The van der Waals surface area contributed by atoms with Gasteiger partial charge >= 0.3 is 0 Å². The van der Waals surface area contributed by atoms with E-state index in [4.69, 9.17) is 9.47 Å². The number of likely N-dealkylation sites (N-methyl/N-ethyl adjacent to an activating group) is 1. The predicted octanol–water partition coefficient (Wildman–Crippen LogP) is 1.85. The zero-order valence-corrected chi connectivity index (χ0v) is 12.5. The number of para-hydroxylation sites is 1. The Kier molecular flexibility index (Phi) is 5.40. The number of aryl methyl sites for hydroxylation is 1. The maximum Gasteiger partial charge on any atom is 0.122 e. The van der Waals surface area contributed by atoms with Gasteiger partial charge in [-0.1, -0.05) is 18.2 Å². The molecule has 0 aromatic heterocycles. The van der Waals surface area contributed by atoms with E-state index >= 15 is 0 Å². The largest absolute Gasteiger partial charge is 0.492 e. The molecule has 0 amide bonds. The quantitative estimate of drug-likeness (QED) is 0.863. The van der Waals surface area contributed by atoms with Crippen molar-refractivity contribution >= 4 is 0 Å². The molecule has 1 N–H and O–H groups in total. The zero-order chi connectivity index (χ0) is 14.4. The van der Waals surface area contributed by atoms with Crippen LogP contribution in [0.3, 0.4) is 0 Å². The van der Waals surface area contributed by atoms with E-state index in [0.717, 1.165) is 30.7 Å². The third-order valence-electron chi connectivity index (χ3n) is 3.81.